The number of ether oxygens (including phenoxy) is 1. The van der Waals surface area contributed by atoms with Gasteiger partial charge in [0.1, 0.15) is 11.6 Å². The highest BCUT2D eigenvalue weighted by Crippen LogP contribution is 2.35. The maximum atomic E-state index is 13.2. The van der Waals surface area contributed by atoms with Gasteiger partial charge in [0.05, 0.1) is 17.6 Å². The molecule has 1 amide bonds. The minimum absolute atomic E-state index is 0.0757. The summed E-state index contributed by atoms with van der Waals surface area (Å²) in [6.45, 7) is 4.33. The molecule has 0 spiro atoms. The molecule has 5 aromatic rings. The van der Waals surface area contributed by atoms with Crippen LogP contribution in [-0.2, 0) is 17.8 Å². The molecule has 1 atom stereocenters. The Morgan fingerprint density at radius 1 is 0.895 bits per heavy atom. The predicted octanol–water partition coefficient (Wildman–Crippen LogP) is 7.13. The Balaban J connectivity index is 1.17. The van der Waals surface area contributed by atoms with Gasteiger partial charge in [0.15, 0.2) is 0 Å². The molecule has 1 saturated heterocycles. The van der Waals surface area contributed by atoms with Gasteiger partial charge in [-0.3, -0.25) is 4.79 Å². The lowest BCUT2D eigenvalue weighted by Gasteiger charge is -2.20. The van der Waals surface area contributed by atoms with E-state index in [1.807, 2.05) is 35.2 Å². The molecule has 1 aliphatic heterocycles. The van der Waals surface area contributed by atoms with Crippen molar-refractivity contribution in [2.45, 2.75) is 45.1 Å². The molecule has 38 heavy (non-hydrogen) atoms. The molecule has 1 aromatic heterocycles. The average molecular weight is 504 g/mol. The number of nitrogens with zero attached hydrogens (tertiary/aromatic N) is 3. The molecule has 0 saturated carbocycles. The van der Waals surface area contributed by atoms with E-state index < -0.39 is 0 Å². The molecule has 192 valence electrons. The minimum atomic E-state index is 0.0757. The fraction of sp³-hybridized carbons (Fsp3) is 0.273. The van der Waals surface area contributed by atoms with Crippen molar-refractivity contribution in [3.63, 3.8) is 0 Å². The second-order valence-corrected chi connectivity index (χ2v) is 10.0. The number of aryl methyl sites for hydroxylation is 2. The topological polar surface area (TPSA) is 47.4 Å². The van der Waals surface area contributed by atoms with Gasteiger partial charge in [0.25, 0.3) is 0 Å². The van der Waals surface area contributed by atoms with E-state index in [9.17, 15) is 4.79 Å². The summed E-state index contributed by atoms with van der Waals surface area (Å²) in [6, 6.07) is 31.1. The van der Waals surface area contributed by atoms with E-state index in [0.717, 1.165) is 59.5 Å². The second kappa shape index (κ2) is 10.7. The Morgan fingerprint density at radius 2 is 1.68 bits per heavy atom. The van der Waals surface area contributed by atoms with E-state index in [-0.39, 0.29) is 11.8 Å². The summed E-state index contributed by atoms with van der Waals surface area (Å²) >= 11 is 0. The largest absolute Gasteiger partial charge is 0.493 e. The number of para-hydroxylation sites is 3. The molecule has 0 N–H and O–H groups in total. The lowest BCUT2D eigenvalue weighted by molar-refractivity contribution is -0.117. The molecule has 0 bridgehead atoms. The van der Waals surface area contributed by atoms with E-state index >= 15 is 0 Å². The first-order chi connectivity index (χ1) is 18.7. The monoisotopic (exact) mass is 503 g/mol. The van der Waals surface area contributed by atoms with E-state index in [2.05, 4.69) is 72.2 Å². The van der Waals surface area contributed by atoms with Gasteiger partial charge in [0, 0.05) is 36.5 Å². The van der Waals surface area contributed by atoms with Crippen molar-refractivity contribution < 1.29 is 9.53 Å². The quantitative estimate of drug-likeness (QED) is 0.201. The molecule has 0 radical (unpaired) electrons. The fourth-order valence-electron chi connectivity index (χ4n) is 5.70. The summed E-state index contributed by atoms with van der Waals surface area (Å²) in [7, 11) is 0. The van der Waals surface area contributed by atoms with Crippen molar-refractivity contribution in [1.82, 2.24) is 9.55 Å². The van der Waals surface area contributed by atoms with Crippen molar-refractivity contribution in [3.8, 4) is 5.75 Å². The molecule has 1 aliphatic rings. The van der Waals surface area contributed by atoms with Gasteiger partial charge in [-0.05, 0) is 54.5 Å². The first-order valence-electron chi connectivity index (χ1n) is 13.7. The molecule has 5 heteroatoms. The highest BCUT2D eigenvalue weighted by Gasteiger charge is 2.35. The van der Waals surface area contributed by atoms with Crippen LogP contribution in [0.4, 0.5) is 5.69 Å². The average Bonchev–Trinajstić information content (AvgIpc) is 3.53. The van der Waals surface area contributed by atoms with Gasteiger partial charge in [-0.25, -0.2) is 4.98 Å². The van der Waals surface area contributed by atoms with Gasteiger partial charge in [-0.2, -0.15) is 0 Å². The summed E-state index contributed by atoms with van der Waals surface area (Å²) in [6.07, 6.45) is 3.31. The Kier molecular flexibility index (Phi) is 6.82. The zero-order valence-corrected chi connectivity index (χ0v) is 21.8. The van der Waals surface area contributed by atoms with Gasteiger partial charge >= 0.3 is 0 Å². The lowest BCUT2D eigenvalue weighted by Crippen LogP contribution is -2.25. The molecular weight excluding hydrogens is 470 g/mol. The van der Waals surface area contributed by atoms with Crippen LogP contribution < -0.4 is 9.64 Å². The molecule has 1 fully saturated rings. The van der Waals surface area contributed by atoms with E-state index in [0.29, 0.717) is 19.6 Å². The van der Waals surface area contributed by atoms with Crippen LogP contribution in [0.5, 0.6) is 5.75 Å². The van der Waals surface area contributed by atoms with Gasteiger partial charge < -0.3 is 14.2 Å². The second-order valence-electron chi connectivity index (χ2n) is 10.0. The zero-order chi connectivity index (χ0) is 25.9. The smallest absolute Gasteiger partial charge is 0.227 e. The number of anilines is 1. The van der Waals surface area contributed by atoms with Crippen LogP contribution in [-0.4, -0.2) is 28.6 Å². The van der Waals surface area contributed by atoms with Crippen LogP contribution in [0.3, 0.4) is 0 Å². The Labute approximate surface area is 223 Å². The van der Waals surface area contributed by atoms with Crippen LogP contribution in [0.15, 0.2) is 91.0 Å². The van der Waals surface area contributed by atoms with Crippen LogP contribution in [0.1, 0.15) is 43.5 Å². The standard InChI is InChI=1S/C33H33N3O2/c1-2-24-12-4-7-17-29(24)36-23-26(22-32(36)37)33-34-28-16-6-8-18-30(28)35(33)20-9-10-21-38-31-19-11-14-25-13-3-5-15-27(25)31/h3-8,11-19,26H,2,9-10,20-23H2,1H3. The normalized spacial score (nSPS) is 15.6. The maximum absolute atomic E-state index is 13.2. The number of rotatable bonds is 9. The lowest BCUT2D eigenvalue weighted by atomic mass is 10.1. The number of carbonyl (C=O) groups excluding carboxylic acids is 1. The van der Waals surface area contributed by atoms with Crippen LogP contribution in [0.2, 0.25) is 0 Å². The third-order valence-electron chi connectivity index (χ3n) is 7.62. The van der Waals surface area contributed by atoms with E-state index in [1.165, 1.54) is 10.9 Å². The molecule has 4 aromatic carbocycles. The van der Waals surface area contributed by atoms with Gasteiger partial charge in [-0.1, -0.05) is 73.7 Å². The number of benzene rings is 4. The van der Waals surface area contributed by atoms with Crippen molar-refractivity contribution in [3.05, 3.63) is 102 Å². The highest BCUT2D eigenvalue weighted by molar-refractivity contribution is 5.97. The summed E-state index contributed by atoms with van der Waals surface area (Å²) in [5, 5.41) is 2.35. The number of hydrogen-bond acceptors (Lipinski definition) is 3. The summed E-state index contributed by atoms with van der Waals surface area (Å²) in [4.78, 5) is 20.1. The number of amides is 1. The first kappa shape index (κ1) is 24.2. The van der Waals surface area contributed by atoms with Gasteiger partial charge in [0.2, 0.25) is 5.91 Å². The number of aromatic nitrogens is 2. The molecule has 5 nitrogen and oxygen atoms in total. The van der Waals surface area contributed by atoms with Crippen LogP contribution in [0, 0.1) is 0 Å². The number of fused-ring (bicyclic) bond motifs is 2. The van der Waals surface area contributed by atoms with Gasteiger partial charge in [-0.15, -0.1) is 0 Å². The predicted molar refractivity (Wildman–Crippen MR) is 154 cm³/mol. The molecule has 0 aliphatic carbocycles. The van der Waals surface area contributed by atoms with Crippen molar-refractivity contribution in [2.75, 3.05) is 18.1 Å². The van der Waals surface area contributed by atoms with E-state index in [1.54, 1.807) is 0 Å². The van der Waals surface area contributed by atoms with Crippen molar-refractivity contribution >= 4 is 33.4 Å². The maximum Gasteiger partial charge on any atom is 0.227 e. The molecule has 2 heterocycles. The molecule has 1 unspecified atom stereocenters. The Hall–Kier alpha value is -4.12. The number of hydrogen-bond donors (Lipinski definition) is 0. The number of imidazole rings is 1. The Bertz CT molecular complexity index is 1580. The minimum Gasteiger partial charge on any atom is -0.493 e. The third kappa shape index (κ3) is 4.65. The van der Waals surface area contributed by atoms with Crippen LogP contribution in [0.25, 0.3) is 21.8 Å². The number of carbonyl (C=O) groups is 1. The fourth-order valence-corrected chi connectivity index (χ4v) is 5.70. The van der Waals surface area contributed by atoms with Crippen molar-refractivity contribution in [1.29, 1.82) is 0 Å². The first-order valence-corrected chi connectivity index (χ1v) is 13.7. The number of unbranched alkanes of at least 4 members (excludes halogenated alkanes) is 1. The summed E-state index contributed by atoms with van der Waals surface area (Å²) in [5.41, 5.74) is 4.38. The SMILES string of the molecule is CCc1ccccc1N1CC(c2nc3ccccc3n2CCCCOc2cccc3ccccc23)CC1=O. The zero-order valence-electron chi connectivity index (χ0n) is 21.8. The summed E-state index contributed by atoms with van der Waals surface area (Å²) < 4.78 is 8.51. The molecule has 6 rings (SSSR count). The Morgan fingerprint density at radius 3 is 2.61 bits per heavy atom. The highest BCUT2D eigenvalue weighted by atomic mass is 16.5. The third-order valence-corrected chi connectivity index (χ3v) is 7.62. The van der Waals surface area contributed by atoms with Crippen molar-refractivity contribution in [2.24, 2.45) is 0 Å². The van der Waals surface area contributed by atoms with E-state index in [4.69, 9.17) is 9.72 Å². The molecular formula is C33H33N3O2. The summed E-state index contributed by atoms with van der Waals surface area (Å²) in [5.74, 6) is 2.21. The van der Waals surface area contributed by atoms with Crippen LogP contribution >= 0.6 is 0 Å².